The van der Waals surface area contributed by atoms with Crippen molar-refractivity contribution in [2.75, 3.05) is 24.6 Å². The molecule has 0 amide bonds. The molecule has 0 heterocycles. The quantitative estimate of drug-likeness (QED) is 0.232. The summed E-state index contributed by atoms with van der Waals surface area (Å²) in [4.78, 5) is 23.6. The first-order valence-corrected chi connectivity index (χ1v) is 17.3. The molecule has 0 spiro atoms. The molecule has 196 valence electrons. The van der Waals surface area contributed by atoms with Crippen LogP contribution in [0.5, 0.6) is 0 Å². The Morgan fingerprint density at radius 2 is 1.21 bits per heavy atom. The summed E-state index contributed by atoms with van der Waals surface area (Å²) in [6.45, 7) is 5.19. The predicted molar refractivity (Wildman–Crippen MR) is 136 cm³/mol. The van der Waals surface area contributed by atoms with Crippen LogP contribution in [0.3, 0.4) is 0 Å². The Balaban J connectivity index is 3.56. The van der Waals surface area contributed by atoms with Gasteiger partial charge in [-0.1, -0.05) is 0 Å². The van der Waals surface area contributed by atoms with Crippen molar-refractivity contribution in [3.8, 4) is 0 Å². The summed E-state index contributed by atoms with van der Waals surface area (Å²) in [7, 11) is -4.27. The fraction of sp³-hybridized carbons (Fsp3) is 0.917. The van der Waals surface area contributed by atoms with E-state index in [0.717, 1.165) is 76.0 Å². The maximum atomic E-state index is 13.9. The van der Waals surface area contributed by atoms with Crippen LogP contribution in [0.2, 0.25) is 0 Å². The van der Waals surface area contributed by atoms with E-state index in [9.17, 15) is 28.2 Å². The Morgan fingerprint density at radius 1 is 0.788 bits per heavy atom. The summed E-state index contributed by atoms with van der Waals surface area (Å²) in [6.07, 6.45) is 10.3. The van der Waals surface area contributed by atoms with Crippen molar-refractivity contribution in [3.05, 3.63) is 0 Å². The van der Waals surface area contributed by atoms with Gasteiger partial charge >= 0.3 is 201 Å². The van der Waals surface area contributed by atoms with Crippen molar-refractivity contribution < 1.29 is 32.2 Å². The summed E-state index contributed by atoms with van der Waals surface area (Å²) in [5.41, 5.74) is 0. The van der Waals surface area contributed by atoms with Crippen LogP contribution in [0.25, 0.3) is 0 Å². The summed E-state index contributed by atoms with van der Waals surface area (Å²) in [6, 6.07) is 0. The number of hydrogen-bond acceptors (Lipinski definition) is 5. The molecule has 7 nitrogen and oxygen atoms in total. The minimum atomic E-state index is -4.27. The van der Waals surface area contributed by atoms with Crippen molar-refractivity contribution in [1.82, 2.24) is 0 Å². The van der Waals surface area contributed by atoms with Gasteiger partial charge in [0.2, 0.25) is 0 Å². The second-order valence-electron chi connectivity index (χ2n) is 10.1. The van der Waals surface area contributed by atoms with Gasteiger partial charge in [-0.25, -0.2) is 0 Å². The number of hydrogen-bond donors (Lipinski definition) is 2. The molecule has 0 aromatic heterocycles. The SMILES string of the molecule is CCCCP(CCCC)(CCCC)(CCCC)OS(=O)(=O)C1CC(C(=O)O)CCC1C(=O)O. The Morgan fingerprint density at radius 3 is 1.55 bits per heavy atom. The number of aliphatic carboxylic acids is 2. The molecule has 3 atom stereocenters. The Labute approximate surface area is 201 Å². The summed E-state index contributed by atoms with van der Waals surface area (Å²) in [5.74, 6) is -4.22. The monoisotopic (exact) mass is 510 g/mol. The molecule has 3 unspecified atom stereocenters. The number of carboxylic acids is 2. The average Bonchev–Trinajstić information content (AvgIpc) is 2.78. The molecule has 1 aliphatic carbocycles. The summed E-state index contributed by atoms with van der Waals surface area (Å²) >= 11 is 0. The van der Waals surface area contributed by atoms with Crippen LogP contribution in [-0.2, 0) is 23.7 Å². The summed E-state index contributed by atoms with van der Waals surface area (Å²) < 4.78 is 34.3. The first-order chi connectivity index (χ1) is 15.5. The van der Waals surface area contributed by atoms with E-state index >= 15 is 0 Å². The van der Waals surface area contributed by atoms with Gasteiger partial charge in [0.1, 0.15) is 0 Å². The van der Waals surface area contributed by atoms with Gasteiger partial charge in [0.05, 0.1) is 0 Å². The minimum absolute atomic E-state index is 0.0450. The number of rotatable bonds is 17. The zero-order valence-electron chi connectivity index (χ0n) is 21.1. The number of carboxylic acid groups (broad SMARTS) is 2. The van der Waals surface area contributed by atoms with Gasteiger partial charge in [0, 0.05) is 0 Å². The van der Waals surface area contributed by atoms with E-state index in [1.54, 1.807) is 0 Å². The molecule has 0 aliphatic heterocycles. The first kappa shape index (κ1) is 30.3. The van der Waals surface area contributed by atoms with E-state index in [4.69, 9.17) is 3.97 Å². The number of carbonyl (C=O) groups is 2. The fourth-order valence-electron chi connectivity index (χ4n) is 5.36. The van der Waals surface area contributed by atoms with Crippen LogP contribution in [-0.4, -0.2) is 60.5 Å². The van der Waals surface area contributed by atoms with Gasteiger partial charge in [-0.2, -0.15) is 0 Å². The van der Waals surface area contributed by atoms with Crippen LogP contribution >= 0.6 is 6.83 Å². The van der Waals surface area contributed by atoms with E-state index in [2.05, 4.69) is 27.7 Å². The molecule has 0 aromatic carbocycles. The molecule has 2 N–H and O–H groups in total. The van der Waals surface area contributed by atoms with E-state index in [-0.39, 0.29) is 19.3 Å². The molecule has 33 heavy (non-hydrogen) atoms. The molecule has 0 aromatic rings. The molecule has 0 bridgehead atoms. The zero-order valence-corrected chi connectivity index (χ0v) is 22.8. The second kappa shape index (κ2) is 13.4. The van der Waals surface area contributed by atoms with Crippen molar-refractivity contribution in [2.45, 2.75) is 104 Å². The molecular weight excluding hydrogens is 463 g/mol. The van der Waals surface area contributed by atoms with Crippen molar-refractivity contribution >= 4 is 28.9 Å². The molecule has 1 fully saturated rings. The molecule has 0 saturated heterocycles. The third kappa shape index (κ3) is 8.17. The standard InChI is InChI=1S/C24H47O7PS/c1-5-9-15-32(16-10-6-2,17-11-7-3,18-12-8-4)31-33(29,30)22-19-20(23(25)26)13-14-21(22)24(27)28/h20-22H,5-19H2,1-4H3,(H,25,26)(H,27,28). The Hall–Kier alpha value is -0.720. The molecule has 1 saturated carbocycles. The third-order valence-corrected chi connectivity index (χ3v) is 17.0. The van der Waals surface area contributed by atoms with E-state index in [1.807, 2.05) is 0 Å². The van der Waals surface area contributed by atoms with Crippen molar-refractivity contribution in [1.29, 1.82) is 0 Å². The van der Waals surface area contributed by atoms with E-state index < -0.39 is 46.0 Å². The second-order valence-corrected chi connectivity index (χ2v) is 17.8. The average molecular weight is 511 g/mol. The Bertz CT molecular complexity index is 694. The molecule has 0 radical (unpaired) electrons. The molecular formula is C24H47O7PS. The first-order valence-electron chi connectivity index (χ1n) is 12.9. The van der Waals surface area contributed by atoms with Gasteiger partial charge in [0.25, 0.3) is 0 Å². The molecule has 9 heteroatoms. The summed E-state index contributed by atoms with van der Waals surface area (Å²) in [5, 5.41) is 18.0. The fourth-order valence-corrected chi connectivity index (χ4v) is 16.3. The van der Waals surface area contributed by atoms with Crippen molar-refractivity contribution in [3.63, 3.8) is 0 Å². The predicted octanol–water partition coefficient (Wildman–Crippen LogP) is 5.96. The van der Waals surface area contributed by atoms with E-state index in [1.165, 1.54) is 0 Å². The van der Waals surface area contributed by atoms with Crippen LogP contribution < -0.4 is 0 Å². The van der Waals surface area contributed by atoms with Crippen molar-refractivity contribution in [2.24, 2.45) is 11.8 Å². The van der Waals surface area contributed by atoms with Gasteiger partial charge < -0.3 is 0 Å². The topological polar surface area (TPSA) is 118 Å². The van der Waals surface area contributed by atoms with Gasteiger partial charge in [-0.3, -0.25) is 0 Å². The van der Waals surface area contributed by atoms with E-state index in [0.29, 0.717) is 0 Å². The van der Waals surface area contributed by atoms with Crippen LogP contribution in [0.1, 0.15) is 98.3 Å². The van der Waals surface area contributed by atoms with Gasteiger partial charge in [-0.05, 0) is 0 Å². The molecule has 1 aliphatic rings. The third-order valence-electron chi connectivity index (χ3n) is 7.45. The number of unbranched alkanes of at least 4 members (excludes halogenated alkanes) is 4. The zero-order chi connectivity index (χ0) is 25.1. The van der Waals surface area contributed by atoms with Gasteiger partial charge in [0.15, 0.2) is 0 Å². The van der Waals surface area contributed by atoms with Crippen LogP contribution in [0, 0.1) is 11.8 Å². The molecule has 1 rings (SSSR count). The Kier molecular flexibility index (Phi) is 12.3. The van der Waals surface area contributed by atoms with Crippen LogP contribution in [0.15, 0.2) is 0 Å². The van der Waals surface area contributed by atoms with Gasteiger partial charge in [-0.15, -0.1) is 0 Å². The normalized spacial score (nSPS) is 23.0. The van der Waals surface area contributed by atoms with Crippen LogP contribution in [0.4, 0.5) is 0 Å². The maximum absolute atomic E-state index is 13.9.